The summed E-state index contributed by atoms with van der Waals surface area (Å²) in [7, 11) is 6.72. The highest BCUT2D eigenvalue weighted by Gasteiger charge is 2.33. The molecule has 2 bridgehead atoms. The lowest BCUT2D eigenvalue weighted by atomic mass is 9.85. The molecule has 2 aliphatic rings. The average molecular weight is 617 g/mol. The average Bonchev–Trinajstić information content (AvgIpc) is 2.95. The molecular formula is C32H48N4O8. The zero-order valence-electron chi connectivity index (χ0n) is 27.2. The number of methoxy groups -OCH3 is 2. The third kappa shape index (κ3) is 10.2. The molecule has 0 aromatic carbocycles. The lowest BCUT2D eigenvalue weighted by Gasteiger charge is -2.27. The van der Waals surface area contributed by atoms with E-state index in [1.165, 1.54) is 14.2 Å². The first-order chi connectivity index (χ1) is 20.7. The van der Waals surface area contributed by atoms with Crippen LogP contribution in [0.4, 0.5) is 4.79 Å². The van der Waals surface area contributed by atoms with E-state index in [2.05, 4.69) is 10.6 Å². The Morgan fingerprint density at radius 2 is 1.80 bits per heavy atom. The third-order valence-corrected chi connectivity index (χ3v) is 7.78. The van der Waals surface area contributed by atoms with Crippen LogP contribution in [-0.2, 0) is 33.4 Å². The lowest BCUT2D eigenvalue weighted by Crippen LogP contribution is -2.38. The Balaban J connectivity index is 2.56. The molecule has 0 aromatic rings. The van der Waals surface area contributed by atoms with E-state index in [1.54, 1.807) is 32.9 Å². The number of nitrogens with two attached hydrogens (primary N) is 1. The molecule has 1 heterocycles. The molecule has 0 saturated heterocycles. The number of carbonyl (C=O) groups excluding carboxylic acids is 5. The van der Waals surface area contributed by atoms with Gasteiger partial charge in [0.05, 0.1) is 17.5 Å². The number of hydrogen-bond acceptors (Lipinski definition) is 10. The minimum Gasteiger partial charge on any atom is -0.439 e. The van der Waals surface area contributed by atoms with Crippen molar-refractivity contribution in [3.8, 4) is 0 Å². The van der Waals surface area contributed by atoms with Gasteiger partial charge in [0, 0.05) is 50.4 Å². The fourth-order valence-corrected chi connectivity index (χ4v) is 5.33. The van der Waals surface area contributed by atoms with Gasteiger partial charge in [-0.2, -0.15) is 0 Å². The van der Waals surface area contributed by atoms with Gasteiger partial charge < -0.3 is 35.5 Å². The SMILES string of the molecule is CO[C@H]1C[C@H](C)CC2=C(NCCN(C)C)C(=O)C=C(NC(=O)/C(C)=C/CC[C@H](OC)[C@@H](OC(N)=O)/C(C)=C/[C@H](C)C1=O)C2=O. The lowest BCUT2D eigenvalue weighted by molar-refractivity contribution is -0.132. The number of allylic oxidation sites excluding steroid dienone is 4. The molecule has 0 spiro atoms. The van der Waals surface area contributed by atoms with Crippen molar-refractivity contribution >= 4 is 29.4 Å². The maximum atomic E-state index is 13.7. The van der Waals surface area contributed by atoms with Gasteiger partial charge in [0.1, 0.15) is 6.10 Å². The van der Waals surface area contributed by atoms with Crippen molar-refractivity contribution in [2.75, 3.05) is 41.4 Å². The second kappa shape index (κ2) is 17.0. The second-order valence-corrected chi connectivity index (χ2v) is 11.8. The number of carbonyl (C=O) groups is 5. The number of nitrogens with one attached hydrogen (secondary N) is 2. The van der Waals surface area contributed by atoms with Gasteiger partial charge in [0.2, 0.25) is 11.6 Å². The van der Waals surface area contributed by atoms with E-state index in [0.717, 1.165) is 6.08 Å². The van der Waals surface area contributed by atoms with Crippen molar-refractivity contribution in [3.05, 3.63) is 46.3 Å². The Bertz CT molecular complexity index is 1230. The highest BCUT2D eigenvalue weighted by molar-refractivity contribution is 6.23. The summed E-state index contributed by atoms with van der Waals surface area (Å²) in [6, 6.07) is 0. The molecule has 12 nitrogen and oxygen atoms in total. The highest BCUT2D eigenvalue weighted by atomic mass is 16.6. The third-order valence-electron chi connectivity index (χ3n) is 7.78. The maximum absolute atomic E-state index is 13.7. The van der Waals surface area contributed by atoms with Crippen molar-refractivity contribution < 1.29 is 38.2 Å². The number of ketones is 3. The predicted octanol–water partition coefficient (Wildman–Crippen LogP) is 2.35. The number of rotatable bonds is 7. The summed E-state index contributed by atoms with van der Waals surface area (Å²) in [5.74, 6) is -2.45. The van der Waals surface area contributed by atoms with Crippen LogP contribution in [0.25, 0.3) is 0 Å². The van der Waals surface area contributed by atoms with Crippen molar-refractivity contribution in [2.24, 2.45) is 17.6 Å². The number of likely N-dealkylation sites (N-methyl/N-ethyl adjacent to an activating group) is 1. The van der Waals surface area contributed by atoms with Crippen LogP contribution < -0.4 is 16.4 Å². The summed E-state index contributed by atoms with van der Waals surface area (Å²) >= 11 is 0. The Kier molecular flexibility index (Phi) is 14.2. The summed E-state index contributed by atoms with van der Waals surface area (Å²) in [5, 5.41) is 5.72. The van der Waals surface area contributed by atoms with E-state index in [9.17, 15) is 24.0 Å². The van der Waals surface area contributed by atoms with E-state index < -0.39 is 47.8 Å². The van der Waals surface area contributed by atoms with Crippen LogP contribution in [0.3, 0.4) is 0 Å². The van der Waals surface area contributed by atoms with Gasteiger partial charge in [-0.15, -0.1) is 0 Å². The van der Waals surface area contributed by atoms with Gasteiger partial charge in [-0.1, -0.05) is 26.0 Å². The molecule has 0 radical (unpaired) electrons. The molecule has 44 heavy (non-hydrogen) atoms. The number of Topliss-reactive ketones (excluding diaryl/α,β-unsaturated/α-hetero) is 2. The van der Waals surface area contributed by atoms with Crippen LogP contribution in [0, 0.1) is 11.8 Å². The van der Waals surface area contributed by atoms with Crippen LogP contribution in [0.15, 0.2) is 46.3 Å². The van der Waals surface area contributed by atoms with Gasteiger partial charge >= 0.3 is 6.09 Å². The zero-order valence-corrected chi connectivity index (χ0v) is 27.2. The summed E-state index contributed by atoms with van der Waals surface area (Å²) in [6.45, 7) is 8.00. The Hall–Kier alpha value is -3.61. The first-order valence-corrected chi connectivity index (χ1v) is 14.8. The standard InChI is InChI=1S/C32H48N4O8/c1-18-14-22-27(34-12-13-36(5)6)24(37)17-23(29(22)39)35-31(40)19(2)10-9-11-25(42-7)30(44-32(33)41)21(4)16-20(3)28(38)26(15-18)43-8/h10,16-18,20,25-26,30,34H,9,11-15H2,1-8H3,(H2,33,41)(H,35,40)/b19-10+,21-16+/t18-,20+,25+,26+,30+/m1/s1. The van der Waals surface area contributed by atoms with E-state index in [-0.39, 0.29) is 41.5 Å². The van der Waals surface area contributed by atoms with Crippen LogP contribution in [0.5, 0.6) is 0 Å². The van der Waals surface area contributed by atoms with Crippen molar-refractivity contribution in [2.45, 2.75) is 71.7 Å². The largest absolute Gasteiger partial charge is 0.439 e. The molecule has 0 aromatic heterocycles. The number of nitrogens with zero attached hydrogens (tertiary/aromatic N) is 1. The Morgan fingerprint density at radius 1 is 1.11 bits per heavy atom. The monoisotopic (exact) mass is 616 g/mol. The first-order valence-electron chi connectivity index (χ1n) is 14.8. The molecule has 4 N–H and O–H groups in total. The van der Waals surface area contributed by atoms with E-state index in [0.29, 0.717) is 37.1 Å². The van der Waals surface area contributed by atoms with Crippen LogP contribution in [0.1, 0.15) is 53.4 Å². The maximum Gasteiger partial charge on any atom is 0.405 e. The predicted molar refractivity (Wildman–Crippen MR) is 165 cm³/mol. The molecule has 1 aliphatic heterocycles. The minimum absolute atomic E-state index is 0.108. The number of fused-ring (bicyclic) bond motifs is 2. The molecule has 1 aliphatic carbocycles. The molecule has 0 unspecified atom stereocenters. The summed E-state index contributed by atoms with van der Waals surface area (Å²) in [6.07, 6.45) is 2.41. The van der Waals surface area contributed by atoms with Gasteiger partial charge in [0.15, 0.2) is 11.9 Å². The summed E-state index contributed by atoms with van der Waals surface area (Å²) in [4.78, 5) is 67.2. The number of primary amides is 1. The number of ether oxygens (including phenoxy) is 3. The molecule has 12 heteroatoms. The molecular weight excluding hydrogens is 568 g/mol. The van der Waals surface area contributed by atoms with Crippen molar-refractivity contribution in [3.63, 3.8) is 0 Å². The normalized spacial score (nSPS) is 28.9. The molecule has 2 amide bonds. The van der Waals surface area contributed by atoms with Crippen LogP contribution in [0.2, 0.25) is 0 Å². The van der Waals surface area contributed by atoms with Gasteiger partial charge in [-0.3, -0.25) is 19.2 Å². The zero-order chi connectivity index (χ0) is 33.1. The minimum atomic E-state index is -0.986. The molecule has 5 atom stereocenters. The smallest absolute Gasteiger partial charge is 0.405 e. The second-order valence-electron chi connectivity index (χ2n) is 11.8. The fraction of sp³-hybridized carbons (Fsp3) is 0.594. The van der Waals surface area contributed by atoms with Crippen LogP contribution in [-0.4, -0.2) is 94.0 Å². The topological polar surface area (TPSA) is 166 Å². The van der Waals surface area contributed by atoms with Gasteiger partial charge in [0.25, 0.3) is 5.91 Å². The molecule has 2 rings (SSSR count). The van der Waals surface area contributed by atoms with E-state index in [4.69, 9.17) is 19.9 Å². The van der Waals surface area contributed by atoms with Crippen molar-refractivity contribution in [1.29, 1.82) is 0 Å². The van der Waals surface area contributed by atoms with E-state index in [1.807, 2.05) is 25.9 Å². The summed E-state index contributed by atoms with van der Waals surface area (Å²) < 4.78 is 16.6. The first kappa shape index (κ1) is 36.6. The van der Waals surface area contributed by atoms with Gasteiger partial charge in [-0.05, 0) is 65.1 Å². The summed E-state index contributed by atoms with van der Waals surface area (Å²) in [5.41, 5.74) is 6.61. The van der Waals surface area contributed by atoms with E-state index >= 15 is 0 Å². The molecule has 244 valence electrons. The van der Waals surface area contributed by atoms with Crippen molar-refractivity contribution in [1.82, 2.24) is 15.5 Å². The Morgan fingerprint density at radius 3 is 2.39 bits per heavy atom. The quantitative estimate of drug-likeness (QED) is 0.285. The highest BCUT2D eigenvalue weighted by Crippen LogP contribution is 2.28. The van der Waals surface area contributed by atoms with Gasteiger partial charge in [-0.25, -0.2) is 4.79 Å². The number of amides is 2. The number of hydrogen-bond donors (Lipinski definition) is 3. The Labute approximate surface area is 260 Å². The fourth-order valence-electron chi connectivity index (χ4n) is 5.33. The van der Waals surface area contributed by atoms with Crippen LogP contribution >= 0.6 is 0 Å². The molecule has 0 fully saturated rings. The molecule has 0 saturated carbocycles.